The van der Waals surface area contributed by atoms with E-state index in [1.165, 1.54) is 0 Å². The topological polar surface area (TPSA) is 102 Å². The molecule has 0 saturated heterocycles. The summed E-state index contributed by atoms with van der Waals surface area (Å²) < 4.78 is 13.1. The van der Waals surface area contributed by atoms with Crippen LogP contribution in [0.2, 0.25) is 0 Å². The number of aromatic nitrogens is 5. The molecule has 0 fully saturated rings. The fourth-order valence-electron chi connectivity index (χ4n) is 4.83. The highest BCUT2D eigenvalue weighted by atomic mass is 16.5. The summed E-state index contributed by atoms with van der Waals surface area (Å²) in [6.07, 6.45) is 2.46. The summed E-state index contributed by atoms with van der Waals surface area (Å²) in [4.78, 5) is 19.0. The second-order valence-electron chi connectivity index (χ2n) is 10.5. The number of tetrazole rings is 1. The Morgan fingerprint density at radius 2 is 1.95 bits per heavy atom. The van der Waals surface area contributed by atoms with Crippen LogP contribution in [0.15, 0.2) is 76.1 Å². The van der Waals surface area contributed by atoms with Crippen LogP contribution in [0.25, 0.3) is 10.9 Å². The first-order valence-corrected chi connectivity index (χ1v) is 13.1. The highest BCUT2D eigenvalue weighted by Crippen LogP contribution is 2.33. The van der Waals surface area contributed by atoms with Crippen LogP contribution >= 0.6 is 0 Å². The zero-order valence-corrected chi connectivity index (χ0v) is 23.0. The van der Waals surface area contributed by atoms with Crippen molar-refractivity contribution in [3.63, 3.8) is 0 Å². The average molecular weight is 527 g/mol. The highest BCUT2D eigenvalue weighted by molar-refractivity contribution is 5.79. The Labute approximate surface area is 227 Å². The van der Waals surface area contributed by atoms with Crippen LogP contribution in [0.5, 0.6) is 5.75 Å². The largest absolute Gasteiger partial charge is 0.497 e. The number of H-pyrrole nitrogens is 1. The van der Waals surface area contributed by atoms with Crippen molar-refractivity contribution in [3.8, 4) is 5.75 Å². The van der Waals surface area contributed by atoms with E-state index in [2.05, 4.69) is 46.2 Å². The molecule has 0 aliphatic heterocycles. The van der Waals surface area contributed by atoms with E-state index in [9.17, 15) is 4.79 Å². The van der Waals surface area contributed by atoms with Crippen molar-refractivity contribution in [2.24, 2.45) is 0 Å². The van der Waals surface area contributed by atoms with Gasteiger partial charge in [0.05, 0.1) is 25.5 Å². The van der Waals surface area contributed by atoms with Gasteiger partial charge in [0.2, 0.25) is 0 Å². The summed E-state index contributed by atoms with van der Waals surface area (Å²) in [6.45, 7) is 9.22. The van der Waals surface area contributed by atoms with Crippen molar-refractivity contribution in [1.29, 1.82) is 0 Å². The van der Waals surface area contributed by atoms with E-state index >= 15 is 0 Å². The van der Waals surface area contributed by atoms with Crippen LogP contribution < -0.4 is 10.3 Å². The molecule has 9 heteroatoms. The molecule has 1 N–H and O–H groups in total. The molecular weight excluding hydrogens is 492 g/mol. The Hall–Kier alpha value is -4.24. The number of ether oxygens (including phenoxy) is 1. The summed E-state index contributed by atoms with van der Waals surface area (Å²) in [5.74, 6) is 2.12. The van der Waals surface area contributed by atoms with Gasteiger partial charge < -0.3 is 14.1 Å². The number of benzene rings is 2. The van der Waals surface area contributed by atoms with Crippen molar-refractivity contribution in [3.05, 3.63) is 106 Å². The van der Waals surface area contributed by atoms with Crippen LogP contribution in [0.3, 0.4) is 0 Å². The van der Waals surface area contributed by atoms with Gasteiger partial charge in [0.25, 0.3) is 5.56 Å². The number of nitrogens with one attached hydrogen (secondary N) is 1. The van der Waals surface area contributed by atoms with E-state index in [4.69, 9.17) is 9.15 Å². The predicted molar refractivity (Wildman–Crippen MR) is 150 cm³/mol. The molecule has 9 nitrogen and oxygen atoms in total. The molecule has 5 rings (SSSR count). The lowest BCUT2D eigenvalue weighted by atomic mass is 9.98. The van der Waals surface area contributed by atoms with Gasteiger partial charge in [-0.25, -0.2) is 4.68 Å². The SMILES string of the molecule is CCC(C)(C)n1nnnc1C(c1cc2ccc(C)cc2[nH]c1=O)N(Cc1cccc(OC)c1)Cc1ccco1. The molecule has 0 saturated carbocycles. The van der Waals surface area contributed by atoms with Gasteiger partial charge in [0.1, 0.15) is 17.6 Å². The number of rotatable bonds is 10. The maximum absolute atomic E-state index is 13.8. The molecule has 1 atom stereocenters. The molecule has 0 bridgehead atoms. The molecule has 0 spiro atoms. The van der Waals surface area contributed by atoms with Gasteiger partial charge in [-0.15, -0.1) is 5.10 Å². The lowest BCUT2D eigenvalue weighted by Crippen LogP contribution is -2.38. The third-order valence-electron chi connectivity index (χ3n) is 7.33. The van der Waals surface area contributed by atoms with Gasteiger partial charge in [0.15, 0.2) is 5.82 Å². The van der Waals surface area contributed by atoms with Crippen molar-refractivity contribution in [2.75, 3.05) is 7.11 Å². The van der Waals surface area contributed by atoms with Gasteiger partial charge in [0, 0.05) is 17.6 Å². The van der Waals surface area contributed by atoms with E-state index in [1.807, 2.05) is 72.3 Å². The lowest BCUT2D eigenvalue weighted by molar-refractivity contribution is 0.168. The summed E-state index contributed by atoms with van der Waals surface area (Å²) >= 11 is 0. The van der Waals surface area contributed by atoms with Crippen molar-refractivity contribution in [2.45, 2.75) is 58.8 Å². The zero-order chi connectivity index (χ0) is 27.6. The number of methoxy groups -OCH3 is 1. The van der Waals surface area contributed by atoms with Crippen molar-refractivity contribution < 1.29 is 9.15 Å². The van der Waals surface area contributed by atoms with Crippen LogP contribution in [0.1, 0.15) is 61.5 Å². The van der Waals surface area contributed by atoms with Crippen molar-refractivity contribution >= 4 is 10.9 Å². The molecular formula is C30H34N6O3. The maximum atomic E-state index is 13.8. The molecule has 2 aromatic carbocycles. The van der Waals surface area contributed by atoms with Gasteiger partial charge in [-0.05, 0) is 90.5 Å². The van der Waals surface area contributed by atoms with E-state index in [0.29, 0.717) is 24.5 Å². The minimum absolute atomic E-state index is 0.183. The van der Waals surface area contributed by atoms with E-state index in [0.717, 1.165) is 40.0 Å². The Bertz CT molecular complexity index is 1620. The van der Waals surface area contributed by atoms with Crippen LogP contribution in [0.4, 0.5) is 0 Å². The molecule has 0 aliphatic carbocycles. The first kappa shape index (κ1) is 26.4. The fourth-order valence-corrected chi connectivity index (χ4v) is 4.83. The van der Waals surface area contributed by atoms with E-state index < -0.39 is 6.04 Å². The summed E-state index contributed by atoms with van der Waals surface area (Å²) in [6, 6.07) is 19.1. The van der Waals surface area contributed by atoms with E-state index in [-0.39, 0.29) is 11.1 Å². The number of furan rings is 1. The Balaban J connectivity index is 1.73. The number of fused-ring (bicyclic) bond motifs is 1. The number of aromatic amines is 1. The van der Waals surface area contributed by atoms with Gasteiger partial charge in [-0.3, -0.25) is 9.69 Å². The summed E-state index contributed by atoms with van der Waals surface area (Å²) in [5.41, 5.74) is 2.90. The fraction of sp³-hybridized carbons (Fsp3) is 0.333. The third-order valence-corrected chi connectivity index (χ3v) is 7.33. The number of pyridine rings is 1. The number of hydrogen-bond donors (Lipinski definition) is 1. The summed E-state index contributed by atoms with van der Waals surface area (Å²) in [7, 11) is 1.65. The van der Waals surface area contributed by atoms with Crippen molar-refractivity contribution in [1.82, 2.24) is 30.1 Å². The van der Waals surface area contributed by atoms with Gasteiger partial charge in [-0.2, -0.15) is 0 Å². The first-order valence-electron chi connectivity index (χ1n) is 13.1. The van der Waals surface area contributed by atoms with Gasteiger partial charge >= 0.3 is 0 Å². The first-order chi connectivity index (χ1) is 18.8. The minimum atomic E-state index is -0.573. The molecule has 39 heavy (non-hydrogen) atoms. The number of hydrogen-bond acceptors (Lipinski definition) is 7. The van der Waals surface area contributed by atoms with Crippen LogP contribution in [-0.4, -0.2) is 37.2 Å². The molecule has 3 aromatic heterocycles. The molecule has 0 radical (unpaired) electrons. The molecule has 3 heterocycles. The number of nitrogens with zero attached hydrogens (tertiary/aromatic N) is 5. The molecule has 0 amide bonds. The maximum Gasteiger partial charge on any atom is 0.253 e. The lowest BCUT2D eigenvalue weighted by Gasteiger charge is -2.33. The van der Waals surface area contributed by atoms with Crippen LogP contribution in [-0.2, 0) is 18.6 Å². The smallest absolute Gasteiger partial charge is 0.253 e. The predicted octanol–water partition coefficient (Wildman–Crippen LogP) is 5.36. The molecule has 202 valence electrons. The zero-order valence-electron chi connectivity index (χ0n) is 23.0. The third kappa shape index (κ3) is 5.49. The molecule has 1 unspecified atom stereocenters. The normalized spacial score (nSPS) is 12.8. The molecule has 0 aliphatic rings. The van der Waals surface area contributed by atoms with Crippen LogP contribution in [0, 0.1) is 6.92 Å². The average Bonchev–Trinajstić information content (AvgIpc) is 3.62. The number of aryl methyl sites for hydroxylation is 1. The Morgan fingerprint density at radius 3 is 2.69 bits per heavy atom. The summed E-state index contributed by atoms with van der Waals surface area (Å²) in [5, 5.41) is 13.9. The Kier molecular flexibility index (Phi) is 7.34. The second kappa shape index (κ2) is 10.9. The second-order valence-corrected chi connectivity index (χ2v) is 10.5. The highest BCUT2D eigenvalue weighted by Gasteiger charge is 2.35. The van der Waals surface area contributed by atoms with E-state index in [1.54, 1.807) is 13.4 Å². The quantitative estimate of drug-likeness (QED) is 0.261. The minimum Gasteiger partial charge on any atom is -0.497 e. The molecule has 5 aromatic rings. The monoisotopic (exact) mass is 526 g/mol. The Morgan fingerprint density at radius 1 is 1.10 bits per heavy atom. The van der Waals surface area contributed by atoms with Gasteiger partial charge in [-0.1, -0.05) is 31.2 Å². The standard InChI is InChI=1S/C30H34N6O3/c1-6-30(3,4)36-28(32-33-34-36)27(25-17-22-13-12-20(2)15-26(22)31-29(25)37)35(19-24-11-8-14-39-24)18-21-9-7-10-23(16-21)38-5/h7-17,27H,6,18-19H2,1-5H3,(H,31,37).